The molecule has 1 fully saturated rings. The molecule has 2 aromatic carbocycles. The molecule has 2 aromatic rings. The van der Waals surface area contributed by atoms with Gasteiger partial charge in [-0.15, -0.1) is 0 Å². The normalized spacial score (nSPS) is 15.6. The lowest BCUT2D eigenvalue weighted by molar-refractivity contribution is -0.122. The number of methoxy groups -OCH3 is 2. The Kier molecular flexibility index (Phi) is 5.51. The molecule has 4 amide bonds. The van der Waals surface area contributed by atoms with Gasteiger partial charge in [0.05, 0.1) is 19.9 Å². The zero-order valence-electron chi connectivity index (χ0n) is 15.4. The number of nitrogens with one attached hydrogen (secondary N) is 1. The van der Waals surface area contributed by atoms with Crippen LogP contribution in [0.1, 0.15) is 11.1 Å². The van der Waals surface area contributed by atoms with Crippen LogP contribution < -0.4 is 19.7 Å². The number of carbonyl (C=O) groups excluding carboxylic acids is 3. The molecule has 0 atom stereocenters. The van der Waals surface area contributed by atoms with E-state index >= 15 is 0 Å². The van der Waals surface area contributed by atoms with Crippen molar-refractivity contribution < 1.29 is 23.9 Å². The molecule has 0 spiro atoms. The molecule has 7 nitrogen and oxygen atoms in total. The fourth-order valence-electron chi connectivity index (χ4n) is 2.81. The maximum atomic E-state index is 13.0. The molecular weight excluding hydrogens is 428 g/mol. The number of halogens is 1. The number of benzene rings is 2. The molecule has 1 N–H and O–H groups in total. The van der Waals surface area contributed by atoms with Crippen molar-refractivity contribution in [1.82, 2.24) is 5.32 Å². The molecule has 1 heterocycles. The Morgan fingerprint density at radius 1 is 1.04 bits per heavy atom. The molecule has 0 aliphatic carbocycles. The van der Waals surface area contributed by atoms with Crippen LogP contribution in [0.2, 0.25) is 0 Å². The quantitative estimate of drug-likeness (QED) is 0.576. The van der Waals surface area contributed by atoms with E-state index in [1.165, 1.54) is 20.3 Å². The number of anilines is 1. The van der Waals surface area contributed by atoms with Gasteiger partial charge < -0.3 is 9.47 Å². The molecule has 28 heavy (non-hydrogen) atoms. The Labute approximate surface area is 170 Å². The Morgan fingerprint density at radius 2 is 1.71 bits per heavy atom. The number of imide groups is 2. The van der Waals surface area contributed by atoms with E-state index in [0.29, 0.717) is 27.2 Å². The van der Waals surface area contributed by atoms with E-state index in [0.717, 1.165) is 10.5 Å². The number of carbonyl (C=O) groups is 3. The molecule has 1 aliphatic rings. The number of aryl methyl sites for hydroxylation is 1. The van der Waals surface area contributed by atoms with Crippen LogP contribution >= 0.6 is 15.9 Å². The third-order valence-electron chi connectivity index (χ3n) is 4.17. The molecule has 8 heteroatoms. The summed E-state index contributed by atoms with van der Waals surface area (Å²) in [6.45, 7) is 1.89. The first-order chi connectivity index (χ1) is 13.3. The largest absolute Gasteiger partial charge is 0.493 e. The Bertz CT molecular complexity index is 998. The molecule has 0 aromatic heterocycles. The monoisotopic (exact) mass is 444 g/mol. The van der Waals surface area contributed by atoms with Crippen LogP contribution in [-0.4, -0.2) is 32.1 Å². The molecule has 0 saturated carbocycles. The van der Waals surface area contributed by atoms with E-state index in [4.69, 9.17) is 9.47 Å². The summed E-state index contributed by atoms with van der Waals surface area (Å²) in [4.78, 5) is 38.5. The van der Waals surface area contributed by atoms with Gasteiger partial charge >= 0.3 is 6.03 Å². The van der Waals surface area contributed by atoms with Gasteiger partial charge in [-0.1, -0.05) is 33.6 Å². The molecule has 0 bridgehead atoms. The predicted molar refractivity (Wildman–Crippen MR) is 107 cm³/mol. The second-order valence-electron chi connectivity index (χ2n) is 6.02. The smallest absolute Gasteiger partial charge is 0.335 e. The molecule has 3 rings (SSSR count). The highest BCUT2D eigenvalue weighted by molar-refractivity contribution is 9.10. The van der Waals surface area contributed by atoms with E-state index in [1.807, 2.05) is 6.92 Å². The highest BCUT2D eigenvalue weighted by atomic mass is 79.9. The van der Waals surface area contributed by atoms with E-state index in [-0.39, 0.29) is 5.57 Å². The lowest BCUT2D eigenvalue weighted by Crippen LogP contribution is -2.54. The van der Waals surface area contributed by atoms with Crippen molar-refractivity contribution in [2.75, 3.05) is 19.1 Å². The predicted octanol–water partition coefficient (Wildman–Crippen LogP) is 3.44. The highest BCUT2D eigenvalue weighted by Gasteiger charge is 2.37. The summed E-state index contributed by atoms with van der Waals surface area (Å²) in [6, 6.07) is 9.42. The van der Waals surface area contributed by atoms with Crippen molar-refractivity contribution in [1.29, 1.82) is 0 Å². The minimum atomic E-state index is -0.796. The number of ether oxygens (including phenoxy) is 2. The number of nitrogens with zero attached hydrogens (tertiary/aromatic N) is 1. The highest BCUT2D eigenvalue weighted by Crippen LogP contribution is 2.36. The van der Waals surface area contributed by atoms with Crippen LogP contribution in [-0.2, 0) is 9.59 Å². The fourth-order valence-corrected chi connectivity index (χ4v) is 3.26. The topological polar surface area (TPSA) is 84.9 Å². The van der Waals surface area contributed by atoms with Gasteiger partial charge in [-0.25, -0.2) is 9.69 Å². The third kappa shape index (κ3) is 3.63. The second kappa shape index (κ2) is 7.85. The summed E-state index contributed by atoms with van der Waals surface area (Å²) in [7, 11) is 2.94. The molecule has 0 radical (unpaired) electrons. The number of rotatable bonds is 4. The first-order valence-electron chi connectivity index (χ1n) is 8.25. The fraction of sp³-hybridized carbons (Fsp3) is 0.150. The average molecular weight is 445 g/mol. The molecule has 1 saturated heterocycles. The summed E-state index contributed by atoms with van der Waals surface area (Å²) >= 11 is 3.36. The first kappa shape index (κ1) is 19.6. The number of amides is 4. The standard InChI is InChI=1S/C20H17BrN2O5/c1-11-4-6-14(7-5-11)23-19(25)15(18(24)22-20(23)26)9-12-8-13(21)10-16(27-2)17(12)28-3/h4-10H,1-3H3,(H,22,24,26)/b15-9+. The van der Waals surface area contributed by atoms with Crippen LogP contribution in [0.4, 0.5) is 10.5 Å². The molecule has 144 valence electrons. The Morgan fingerprint density at radius 3 is 2.32 bits per heavy atom. The SMILES string of the molecule is COc1cc(Br)cc(/C=C2\C(=O)NC(=O)N(c3ccc(C)cc3)C2=O)c1OC. The van der Waals surface area contributed by atoms with Crippen LogP contribution in [0, 0.1) is 6.92 Å². The number of hydrogen-bond acceptors (Lipinski definition) is 5. The van der Waals surface area contributed by atoms with Crippen molar-refractivity contribution in [2.24, 2.45) is 0 Å². The summed E-state index contributed by atoms with van der Waals surface area (Å²) in [5.74, 6) is -0.714. The lowest BCUT2D eigenvalue weighted by atomic mass is 10.1. The number of urea groups is 1. The van der Waals surface area contributed by atoms with Gasteiger partial charge in [-0.05, 0) is 37.3 Å². The Hall–Kier alpha value is -3.13. The average Bonchev–Trinajstić information content (AvgIpc) is 2.66. The van der Waals surface area contributed by atoms with Crippen LogP contribution in [0.25, 0.3) is 6.08 Å². The third-order valence-corrected chi connectivity index (χ3v) is 4.62. The lowest BCUT2D eigenvalue weighted by Gasteiger charge is -2.26. The van der Waals surface area contributed by atoms with Crippen LogP contribution in [0.15, 0.2) is 46.4 Å². The van der Waals surface area contributed by atoms with E-state index in [9.17, 15) is 14.4 Å². The van der Waals surface area contributed by atoms with Gasteiger partial charge in [0.25, 0.3) is 11.8 Å². The minimum absolute atomic E-state index is 0.196. The van der Waals surface area contributed by atoms with Gasteiger partial charge in [0.15, 0.2) is 11.5 Å². The van der Waals surface area contributed by atoms with Gasteiger partial charge in [0.2, 0.25) is 0 Å². The zero-order chi connectivity index (χ0) is 20.4. The van der Waals surface area contributed by atoms with Crippen LogP contribution in [0.5, 0.6) is 11.5 Å². The minimum Gasteiger partial charge on any atom is -0.493 e. The number of hydrogen-bond donors (Lipinski definition) is 1. The van der Waals surface area contributed by atoms with Crippen molar-refractivity contribution in [3.05, 3.63) is 57.6 Å². The van der Waals surface area contributed by atoms with E-state index in [2.05, 4.69) is 21.2 Å². The molecular formula is C20H17BrN2O5. The summed E-state index contributed by atoms with van der Waals surface area (Å²) in [5.41, 5.74) is 1.60. The molecule has 1 aliphatic heterocycles. The zero-order valence-corrected chi connectivity index (χ0v) is 17.0. The number of barbiturate groups is 1. The summed E-state index contributed by atoms with van der Waals surface area (Å²) in [5, 5.41) is 2.20. The van der Waals surface area contributed by atoms with Gasteiger partial charge in [-0.3, -0.25) is 14.9 Å². The van der Waals surface area contributed by atoms with Crippen molar-refractivity contribution in [3.8, 4) is 11.5 Å². The van der Waals surface area contributed by atoms with Crippen molar-refractivity contribution in [2.45, 2.75) is 6.92 Å². The van der Waals surface area contributed by atoms with Gasteiger partial charge in [-0.2, -0.15) is 0 Å². The van der Waals surface area contributed by atoms with E-state index < -0.39 is 17.8 Å². The summed E-state index contributed by atoms with van der Waals surface area (Å²) in [6.07, 6.45) is 1.37. The molecule has 0 unspecified atom stereocenters. The maximum Gasteiger partial charge on any atom is 0.335 e. The summed E-state index contributed by atoms with van der Waals surface area (Å²) < 4.78 is 11.3. The first-order valence-corrected chi connectivity index (χ1v) is 9.04. The van der Waals surface area contributed by atoms with E-state index in [1.54, 1.807) is 36.4 Å². The van der Waals surface area contributed by atoms with Gasteiger partial charge in [0.1, 0.15) is 5.57 Å². The Balaban J connectivity index is 2.09. The van der Waals surface area contributed by atoms with Crippen LogP contribution in [0.3, 0.4) is 0 Å². The van der Waals surface area contributed by atoms with Gasteiger partial charge in [0, 0.05) is 10.0 Å². The second-order valence-corrected chi connectivity index (χ2v) is 6.94. The van der Waals surface area contributed by atoms with Crippen molar-refractivity contribution >= 4 is 45.5 Å². The maximum absolute atomic E-state index is 13.0. The van der Waals surface area contributed by atoms with Crippen molar-refractivity contribution in [3.63, 3.8) is 0 Å².